The molecule has 2 aliphatic rings. The fourth-order valence-electron chi connectivity index (χ4n) is 4.39. The molecule has 1 N–H and O–H groups in total. The van der Waals surface area contributed by atoms with Gasteiger partial charge in [-0.25, -0.2) is 9.59 Å². The summed E-state index contributed by atoms with van der Waals surface area (Å²) in [4.78, 5) is 32.2. The van der Waals surface area contributed by atoms with Gasteiger partial charge in [-0.3, -0.25) is 4.57 Å². The second-order valence-electron chi connectivity index (χ2n) is 8.31. The zero-order valence-corrected chi connectivity index (χ0v) is 16.9. The number of hydrogen-bond donors (Lipinski definition) is 1. The molecule has 1 aromatic heterocycles. The number of fused-ring (bicyclic) bond motifs is 1. The minimum absolute atomic E-state index is 0.0702. The van der Waals surface area contributed by atoms with E-state index in [2.05, 4.69) is 11.1 Å². The molecule has 1 saturated carbocycles. The Balaban J connectivity index is 1.07. The van der Waals surface area contributed by atoms with Crippen LogP contribution in [0.4, 0.5) is 0 Å². The van der Waals surface area contributed by atoms with Crippen molar-refractivity contribution in [1.29, 1.82) is 0 Å². The zero-order chi connectivity index (χ0) is 20.7. The first-order valence-electron chi connectivity index (χ1n) is 10.4. The summed E-state index contributed by atoms with van der Waals surface area (Å²) in [6, 6.07) is 15.1. The molecule has 0 atom stereocenters. The Labute approximate surface area is 174 Å². The van der Waals surface area contributed by atoms with E-state index in [0.717, 1.165) is 30.5 Å². The first kappa shape index (κ1) is 19.1. The second kappa shape index (κ2) is 7.74. The smallest absolute Gasteiger partial charge is 0.357 e. The van der Waals surface area contributed by atoms with Crippen LogP contribution in [0.2, 0.25) is 0 Å². The average molecular weight is 407 g/mol. The fraction of sp³-hybridized carbons (Fsp3) is 0.391. The summed E-state index contributed by atoms with van der Waals surface area (Å²) in [6.45, 7) is 1.95. The first-order chi connectivity index (χ1) is 14.6. The van der Waals surface area contributed by atoms with Crippen LogP contribution in [0.15, 0.2) is 53.3 Å². The van der Waals surface area contributed by atoms with Gasteiger partial charge in [-0.15, -0.1) is 5.06 Å². The number of hydrogen-bond acceptors (Lipinski definition) is 5. The molecule has 7 nitrogen and oxygen atoms in total. The standard InChI is InChI=1S/C23H25N3O4/c1-25-21-19(8-5-9-20(21)24-23(25)28)17-10-15(11-17)14-29-18-12-26(13-18)30-22(27)16-6-3-2-4-7-16/h2-9,15,17-18H,10-14H2,1H3,(H,24,28)/t15-,17-. The van der Waals surface area contributed by atoms with Gasteiger partial charge >= 0.3 is 11.7 Å². The molecular weight excluding hydrogens is 382 g/mol. The monoisotopic (exact) mass is 407 g/mol. The summed E-state index contributed by atoms with van der Waals surface area (Å²) in [5, 5.41) is 1.65. The Bertz CT molecular complexity index is 1110. The number of aryl methyl sites for hydroxylation is 1. The van der Waals surface area contributed by atoms with E-state index < -0.39 is 0 Å². The molecule has 0 bridgehead atoms. The molecule has 2 aromatic carbocycles. The molecule has 1 saturated heterocycles. The van der Waals surface area contributed by atoms with Crippen molar-refractivity contribution in [1.82, 2.24) is 14.6 Å². The molecular formula is C23H25N3O4. The molecule has 0 radical (unpaired) electrons. The lowest BCUT2D eigenvalue weighted by atomic mass is 9.71. The number of H-pyrrole nitrogens is 1. The van der Waals surface area contributed by atoms with E-state index in [0.29, 0.717) is 30.5 Å². The van der Waals surface area contributed by atoms with Crippen LogP contribution in [0.1, 0.15) is 34.7 Å². The van der Waals surface area contributed by atoms with Crippen molar-refractivity contribution in [3.63, 3.8) is 0 Å². The number of nitrogens with one attached hydrogen (secondary N) is 1. The van der Waals surface area contributed by atoms with Crippen LogP contribution in [-0.2, 0) is 16.6 Å². The van der Waals surface area contributed by atoms with Crippen molar-refractivity contribution in [3.8, 4) is 0 Å². The third-order valence-corrected chi connectivity index (χ3v) is 6.23. The third-order valence-electron chi connectivity index (χ3n) is 6.23. The Morgan fingerprint density at radius 2 is 1.87 bits per heavy atom. The van der Waals surface area contributed by atoms with E-state index in [1.165, 1.54) is 5.56 Å². The maximum Gasteiger partial charge on any atom is 0.357 e. The Kier molecular flexibility index (Phi) is 4.92. The topological polar surface area (TPSA) is 76.6 Å². The number of ether oxygens (including phenoxy) is 1. The summed E-state index contributed by atoms with van der Waals surface area (Å²) in [5.74, 6) is 0.666. The van der Waals surface area contributed by atoms with Crippen molar-refractivity contribution in [3.05, 3.63) is 70.1 Å². The first-order valence-corrected chi connectivity index (χ1v) is 10.4. The number of carbonyl (C=O) groups excluding carboxylic acids is 1. The maximum absolute atomic E-state index is 12.0. The van der Waals surface area contributed by atoms with Crippen LogP contribution in [0.5, 0.6) is 0 Å². The normalized spacial score (nSPS) is 21.9. The van der Waals surface area contributed by atoms with Gasteiger partial charge in [0.25, 0.3) is 0 Å². The number of imidazole rings is 1. The van der Waals surface area contributed by atoms with Crippen molar-refractivity contribution in [2.75, 3.05) is 19.7 Å². The molecule has 1 aliphatic carbocycles. The van der Waals surface area contributed by atoms with Crippen LogP contribution in [0.3, 0.4) is 0 Å². The summed E-state index contributed by atoms with van der Waals surface area (Å²) < 4.78 is 7.71. The van der Waals surface area contributed by atoms with Crippen LogP contribution in [0.25, 0.3) is 11.0 Å². The van der Waals surface area contributed by atoms with Gasteiger partial charge in [0.1, 0.15) is 0 Å². The minimum atomic E-state index is -0.329. The van der Waals surface area contributed by atoms with Crippen LogP contribution in [-0.4, -0.2) is 46.4 Å². The van der Waals surface area contributed by atoms with E-state index in [1.807, 2.05) is 37.4 Å². The Morgan fingerprint density at radius 3 is 2.63 bits per heavy atom. The van der Waals surface area contributed by atoms with E-state index in [9.17, 15) is 9.59 Å². The highest BCUT2D eigenvalue weighted by atomic mass is 16.7. The van der Waals surface area contributed by atoms with Gasteiger partial charge in [-0.2, -0.15) is 0 Å². The highest BCUT2D eigenvalue weighted by Crippen LogP contribution is 2.43. The van der Waals surface area contributed by atoms with E-state index in [4.69, 9.17) is 9.57 Å². The maximum atomic E-state index is 12.0. The molecule has 1 aliphatic heterocycles. The minimum Gasteiger partial charge on any atom is -0.375 e. The van der Waals surface area contributed by atoms with Gasteiger partial charge < -0.3 is 14.6 Å². The number of para-hydroxylation sites is 1. The second-order valence-corrected chi connectivity index (χ2v) is 8.31. The summed E-state index contributed by atoms with van der Waals surface area (Å²) in [6.07, 6.45) is 2.25. The molecule has 3 aromatic rings. The van der Waals surface area contributed by atoms with Gasteiger partial charge in [0.15, 0.2) is 0 Å². The lowest BCUT2D eigenvalue weighted by Gasteiger charge is -2.40. The molecule has 0 unspecified atom stereocenters. The van der Waals surface area contributed by atoms with E-state index in [1.54, 1.807) is 21.8 Å². The summed E-state index contributed by atoms with van der Waals surface area (Å²) >= 11 is 0. The van der Waals surface area contributed by atoms with Crippen molar-refractivity contribution >= 4 is 17.0 Å². The molecule has 7 heteroatoms. The van der Waals surface area contributed by atoms with Crippen LogP contribution < -0.4 is 5.69 Å². The molecule has 2 fully saturated rings. The predicted octanol–water partition coefficient (Wildman–Crippen LogP) is 2.83. The van der Waals surface area contributed by atoms with E-state index >= 15 is 0 Å². The Hall–Kier alpha value is -2.90. The van der Waals surface area contributed by atoms with Crippen molar-refractivity contribution in [2.45, 2.75) is 24.9 Å². The highest BCUT2D eigenvalue weighted by Gasteiger charge is 2.35. The number of aromatic nitrogens is 2. The molecule has 0 spiro atoms. The van der Waals surface area contributed by atoms with Crippen LogP contribution >= 0.6 is 0 Å². The number of nitrogens with zero attached hydrogens (tertiary/aromatic N) is 2. The lowest BCUT2D eigenvalue weighted by Crippen LogP contribution is -2.53. The van der Waals surface area contributed by atoms with Gasteiger partial charge in [-0.05, 0) is 48.4 Å². The number of benzene rings is 2. The highest BCUT2D eigenvalue weighted by molar-refractivity contribution is 5.89. The number of carbonyl (C=O) groups is 1. The molecule has 5 rings (SSSR count). The van der Waals surface area contributed by atoms with E-state index in [-0.39, 0.29) is 17.8 Å². The third kappa shape index (κ3) is 3.55. The number of rotatable bonds is 6. The fourth-order valence-corrected chi connectivity index (χ4v) is 4.39. The quantitative estimate of drug-likeness (QED) is 0.680. The van der Waals surface area contributed by atoms with Crippen molar-refractivity contribution < 1.29 is 14.4 Å². The SMILES string of the molecule is Cn1c(=O)[nH]c2cccc([C@H]3C[C@H](COC4CN(OC(=O)c5ccccc5)C4)C3)c21. The molecule has 156 valence electrons. The van der Waals surface area contributed by atoms with Gasteiger partial charge in [0.2, 0.25) is 0 Å². The molecule has 0 amide bonds. The van der Waals surface area contributed by atoms with Gasteiger partial charge in [0, 0.05) is 13.7 Å². The summed E-state index contributed by atoms with van der Waals surface area (Å²) in [7, 11) is 1.82. The van der Waals surface area contributed by atoms with Crippen LogP contribution in [0, 0.1) is 5.92 Å². The van der Waals surface area contributed by atoms with Gasteiger partial charge in [-0.1, -0.05) is 30.3 Å². The predicted molar refractivity (Wildman–Crippen MR) is 112 cm³/mol. The van der Waals surface area contributed by atoms with Crippen molar-refractivity contribution in [2.24, 2.45) is 13.0 Å². The zero-order valence-electron chi connectivity index (χ0n) is 16.9. The lowest BCUT2D eigenvalue weighted by molar-refractivity contribution is -0.211. The molecule has 2 heterocycles. The largest absolute Gasteiger partial charge is 0.375 e. The number of hydroxylamine groups is 2. The van der Waals surface area contributed by atoms with Gasteiger partial charge in [0.05, 0.1) is 35.8 Å². The summed E-state index contributed by atoms with van der Waals surface area (Å²) in [5.41, 5.74) is 3.64. The Morgan fingerprint density at radius 1 is 1.10 bits per heavy atom. The number of aromatic amines is 1. The average Bonchev–Trinajstić information content (AvgIpc) is 2.99. The molecule has 30 heavy (non-hydrogen) atoms.